The summed E-state index contributed by atoms with van der Waals surface area (Å²) in [5.74, 6) is 0. The van der Waals surface area contributed by atoms with Crippen LogP contribution in [0.3, 0.4) is 0 Å². The summed E-state index contributed by atoms with van der Waals surface area (Å²) in [6.07, 6.45) is 3.47. The Kier molecular flexibility index (Phi) is 3.06. The van der Waals surface area contributed by atoms with E-state index in [-0.39, 0.29) is 18.9 Å². The van der Waals surface area contributed by atoms with Crippen LogP contribution in [0.1, 0.15) is 29.2 Å². The minimum Gasteiger partial charge on any atom is -0.0683 e. The average molecular weight is 165 g/mol. The predicted molar refractivity (Wildman–Crippen MR) is 59.0 cm³/mol. The molecule has 0 saturated carbocycles. The van der Waals surface area contributed by atoms with Crippen LogP contribution < -0.4 is 0 Å². The van der Waals surface area contributed by atoms with Gasteiger partial charge in [0.15, 0.2) is 0 Å². The van der Waals surface area contributed by atoms with Crippen molar-refractivity contribution in [3.05, 3.63) is 40.0 Å². The van der Waals surface area contributed by atoms with Crippen LogP contribution in [0.15, 0.2) is 17.7 Å². The van der Waals surface area contributed by atoms with Crippen LogP contribution in [0.25, 0.3) is 6.08 Å². The number of rotatable bonds is 0. The molecule has 0 amide bonds. The summed E-state index contributed by atoms with van der Waals surface area (Å²) in [7, 11) is 0. The monoisotopic (exact) mass is 165 g/mol. The zero-order chi connectivity index (χ0) is 8.72. The fourth-order valence-electron chi connectivity index (χ4n) is 1.90. The van der Waals surface area contributed by atoms with E-state index < -0.39 is 0 Å². The van der Waals surface area contributed by atoms with E-state index in [1.54, 1.807) is 0 Å². The van der Waals surface area contributed by atoms with E-state index in [0.29, 0.717) is 0 Å². The molecule has 0 saturated heterocycles. The summed E-state index contributed by atoms with van der Waals surface area (Å²) >= 11 is 0. The summed E-state index contributed by atoms with van der Waals surface area (Å²) in [5.41, 5.74) is 7.33. The standard InChI is InChI=1S/C12H14.Li/c1-8-6-11-9(2)4-5-10(3)12(11)7-8;/h4-6H,7H2,1-3H3;. The SMILES string of the molecule is CC1=Cc2c(C)ccc(C)c2C1.[Li]. The maximum absolute atomic E-state index is 2.32. The van der Waals surface area contributed by atoms with Crippen LogP contribution in [0.5, 0.6) is 0 Å². The van der Waals surface area contributed by atoms with Crippen molar-refractivity contribution >= 4 is 24.9 Å². The van der Waals surface area contributed by atoms with E-state index in [2.05, 4.69) is 39.0 Å². The van der Waals surface area contributed by atoms with Gasteiger partial charge in [0, 0.05) is 18.9 Å². The molecule has 0 bridgehead atoms. The molecule has 0 heterocycles. The largest absolute Gasteiger partial charge is 0.0683 e. The van der Waals surface area contributed by atoms with Gasteiger partial charge >= 0.3 is 0 Å². The minimum absolute atomic E-state index is 0. The van der Waals surface area contributed by atoms with Gasteiger partial charge in [0.1, 0.15) is 0 Å². The normalized spacial score (nSPS) is 13.3. The van der Waals surface area contributed by atoms with Crippen LogP contribution in [0, 0.1) is 13.8 Å². The minimum atomic E-state index is 0. The van der Waals surface area contributed by atoms with Gasteiger partial charge in [-0.3, -0.25) is 0 Å². The Bertz CT molecular complexity index is 362. The molecule has 0 N–H and O–H groups in total. The molecular formula is C12H14Li. The Morgan fingerprint density at radius 1 is 1.00 bits per heavy atom. The van der Waals surface area contributed by atoms with E-state index in [1.807, 2.05) is 0 Å². The van der Waals surface area contributed by atoms with Gasteiger partial charge in [0.25, 0.3) is 0 Å². The first-order valence-electron chi connectivity index (χ1n) is 4.45. The second kappa shape index (κ2) is 3.74. The molecule has 0 unspecified atom stereocenters. The van der Waals surface area contributed by atoms with Crippen molar-refractivity contribution in [2.75, 3.05) is 0 Å². The molecule has 1 aromatic rings. The van der Waals surface area contributed by atoms with Crippen molar-refractivity contribution in [3.8, 4) is 0 Å². The van der Waals surface area contributed by atoms with Crippen LogP contribution in [0.2, 0.25) is 0 Å². The van der Waals surface area contributed by atoms with Crippen molar-refractivity contribution in [1.82, 2.24) is 0 Å². The summed E-state index contributed by atoms with van der Waals surface area (Å²) in [4.78, 5) is 0. The Hall–Kier alpha value is -0.443. The molecule has 0 aromatic heterocycles. The second-order valence-corrected chi connectivity index (χ2v) is 3.76. The van der Waals surface area contributed by atoms with E-state index in [1.165, 1.54) is 27.8 Å². The Labute approximate surface area is 92.2 Å². The van der Waals surface area contributed by atoms with Crippen molar-refractivity contribution in [2.24, 2.45) is 0 Å². The van der Waals surface area contributed by atoms with Crippen molar-refractivity contribution in [3.63, 3.8) is 0 Å². The van der Waals surface area contributed by atoms with Gasteiger partial charge in [0.2, 0.25) is 0 Å². The molecule has 0 nitrogen and oxygen atoms in total. The van der Waals surface area contributed by atoms with Crippen molar-refractivity contribution in [1.29, 1.82) is 0 Å². The third kappa shape index (κ3) is 1.75. The Balaban J connectivity index is 0.000000845. The number of hydrogen-bond donors (Lipinski definition) is 0. The van der Waals surface area contributed by atoms with Crippen molar-refractivity contribution in [2.45, 2.75) is 27.2 Å². The zero-order valence-electron chi connectivity index (χ0n) is 8.94. The van der Waals surface area contributed by atoms with Gasteiger partial charge in [-0.25, -0.2) is 0 Å². The molecule has 1 aliphatic carbocycles. The second-order valence-electron chi connectivity index (χ2n) is 3.76. The molecule has 2 rings (SSSR count). The van der Waals surface area contributed by atoms with Gasteiger partial charge in [-0.2, -0.15) is 0 Å². The van der Waals surface area contributed by atoms with E-state index in [4.69, 9.17) is 0 Å². The maximum Gasteiger partial charge on any atom is 0 e. The average Bonchev–Trinajstić information content (AvgIpc) is 2.41. The number of fused-ring (bicyclic) bond motifs is 1. The molecular weight excluding hydrogens is 151 g/mol. The first-order valence-corrected chi connectivity index (χ1v) is 4.45. The van der Waals surface area contributed by atoms with E-state index >= 15 is 0 Å². The number of benzene rings is 1. The number of allylic oxidation sites excluding steroid dienone is 1. The molecule has 1 heteroatoms. The zero-order valence-corrected chi connectivity index (χ0v) is 8.94. The van der Waals surface area contributed by atoms with Gasteiger partial charge < -0.3 is 0 Å². The number of aryl methyl sites for hydroxylation is 2. The van der Waals surface area contributed by atoms with Gasteiger partial charge in [-0.05, 0) is 49.4 Å². The molecule has 1 aliphatic rings. The number of hydrogen-bond acceptors (Lipinski definition) is 0. The molecule has 0 atom stereocenters. The third-order valence-corrected chi connectivity index (χ3v) is 2.66. The summed E-state index contributed by atoms with van der Waals surface area (Å²) in [6.45, 7) is 6.59. The molecule has 0 spiro atoms. The fourth-order valence-corrected chi connectivity index (χ4v) is 1.90. The Morgan fingerprint density at radius 2 is 1.62 bits per heavy atom. The quantitative estimate of drug-likeness (QED) is 0.518. The van der Waals surface area contributed by atoms with Crippen molar-refractivity contribution < 1.29 is 0 Å². The topological polar surface area (TPSA) is 0 Å². The molecule has 0 aliphatic heterocycles. The van der Waals surface area contributed by atoms with Gasteiger partial charge in [0.05, 0.1) is 0 Å². The summed E-state index contributed by atoms with van der Waals surface area (Å²) in [6, 6.07) is 4.43. The fraction of sp³-hybridized carbons (Fsp3) is 0.333. The first-order chi connectivity index (χ1) is 5.68. The summed E-state index contributed by atoms with van der Waals surface area (Å²) < 4.78 is 0. The molecule has 0 fully saturated rings. The van der Waals surface area contributed by atoms with Crippen LogP contribution in [-0.4, -0.2) is 18.9 Å². The van der Waals surface area contributed by atoms with Crippen LogP contribution in [0.4, 0.5) is 0 Å². The van der Waals surface area contributed by atoms with Crippen LogP contribution in [-0.2, 0) is 6.42 Å². The maximum atomic E-state index is 2.32. The molecule has 13 heavy (non-hydrogen) atoms. The molecule has 1 aromatic carbocycles. The van der Waals surface area contributed by atoms with Crippen LogP contribution >= 0.6 is 0 Å². The van der Waals surface area contributed by atoms with Gasteiger partial charge in [-0.1, -0.05) is 23.8 Å². The predicted octanol–water partition coefficient (Wildman–Crippen LogP) is 2.88. The Morgan fingerprint density at radius 3 is 2.23 bits per heavy atom. The molecule has 1 radical (unpaired) electrons. The molecule has 63 valence electrons. The third-order valence-electron chi connectivity index (χ3n) is 2.66. The first kappa shape index (κ1) is 10.6. The van der Waals surface area contributed by atoms with Gasteiger partial charge in [-0.15, -0.1) is 0 Å². The smallest absolute Gasteiger partial charge is 0 e. The summed E-state index contributed by atoms with van der Waals surface area (Å²) in [5, 5.41) is 0. The van der Waals surface area contributed by atoms with E-state index in [9.17, 15) is 0 Å². The van der Waals surface area contributed by atoms with E-state index in [0.717, 1.165) is 6.42 Å².